The van der Waals surface area contributed by atoms with Crippen molar-refractivity contribution in [3.05, 3.63) is 83.4 Å². The first-order valence-electron chi connectivity index (χ1n) is 6.91. The number of hydrogen-bond donors (Lipinski definition) is 1. The maximum absolute atomic E-state index is 13.6. The van der Waals surface area contributed by atoms with Gasteiger partial charge in [-0.1, -0.05) is 35.9 Å². The first-order chi connectivity index (χ1) is 10.7. The molecule has 0 unspecified atom stereocenters. The Morgan fingerprint density at radius 2 is 1.82 bits per heavy atom. The van der Waals surface area contributed by atoms with Gasteiger partial charge in [0.25, 0.3) is 0 Å². The quantitative estimate of drug-likeness (QED) is 0.674. The summed E-state index contributed by atoms with van der Waals surface area (Å²) < 4.78 is 13.6. The summed E-state index contributed by atoms with van der Waals surface area (Å²) in [5.74, 6) is -0.456. The zero-order valence-corrected chi connectivity index (χ0v) is 12.5. The fourth-order valence-corrected chi connectivity index (χ4v) is 2.43. The Hall–Kier alpha value is -2.39. The number of nitrogens with zero attached hydrogens (tertiary/aromatic N) is 1. The molecule has 0 bridgehead atoms. The molecule has 0 aliphatic rings. The van der Waals surface area contributed by atoms with E-state index in [-0.39, 0.29) is 0 Å². The third-order valence-corrected chi connectivity index (χ3v) is 3.58. The largest absolute Gasteiger partial charge is 0.381 e. The molecule has 3 rings (SSSR count). The lowest BCUT2D eigenvalue weighted by Crippen LogP contribution is -1.99. The van der Waals surface area contributed by atoms with Crippen molar-refractivity contribution in [1.82, 2.24) is 4.98 Å². The molecule has 0 saturated carbocycles. The molecule has 0 spiro atoms. The number of rotatable bonds is 4. The molecule has 110 valence electrons. The normalized spacial score (nSPS) is 10.5. The molecule has 0 aliphatic carbocycles. The van der Waals surface area contributed by atoms with Crippen LogP contribution in [0.2, 0.25) is 5.02 Å². The summed E-state index contributed by atoms with van der Waals surface area (Å²) in [6.45, 7) is 0.682. The highest BCUT2D eigenvalue weighted by molar-refractivity contribution is 6.30. The van der Waals surface area contributed by atoms with Crippen molar-refractivity contribution < 1.29 is 4.39 Å². The van der Waals surface area contributed by atoms with Crippen molar-refractivity contribution in [3.8, 4) is 11.1 Å². The number of anilines is 1. The molecular weight excluding hydrogens is 299 g/mol. The molecule has 0 saturated heterocycles. The third-order valence-electron chi connectivity index (χ3n) is 3.34. The van der Waals surface area contributed by atoms with Crippen LogP contribution in [-0.2, 0) is 6.54 Å². The molecule has 3 aromatic rings. The fraction of sp³-hybridized carbons (Fsp3) is 0.0556. The number of benzene rings is 2. The van der Waals surface area contributed by atoms with Crippen LogP contribution < -0.4 is 5.32 Å². The number of halogens is 2. The van der Waals surface area contributed by atoms with E-state index < -0.39 is 5.95 Å². The lowest BCUT2D eigenvalue weighted by Gasteiger charge is -2.08. The molecule has 1 aromatic heterocycles. The average molecular weight is 313 g/mol. The highest BCUT2D eigenvalue weighted by atomic mass is 35.5. The zero-order chi connectivity index (χ0) is 15.4. The van der Waals surface area contributed by atoms with Gasteiger partial charge in [0, 0.05) is 29.0 Å². The molecule has 1 N–H and O–H groups in total. The number of hydrogen-bond acceptors (Lipinski definition) is 2. The van der Waals surface area contributed by atoms with Crippen LogP contribution in [0.5, 0.6) is 0 Å². The van der Waals surface area contributed by atoms with E-state index in [2.05, 4.69) is 10.3 Å². The highest BCUT2D eigenvalue weighted by Gasteiger charge is 2.04. The topological polar surface area (TPSA) is 24.9 Å². The molecule has 0 radical (unpaired) electrons. The lowest BCUT2D eigenvalue weighted by atomic mass is 10.1. The molecule has 1 heterocycles. The first kappa shape index (κ1) is 14.5. The van der Waals surface area contributed by atoms with Gasteiger partial charge >= 0.3 is 0 Å². The predicted octanol–water partition coefficient (Wildman–Crippen LogP) is 5.15. The van der Waals surface area contributed by atoms with E-state index in [1.54, 1.807) is 12.1 Å². The maximum Gasteiger partial charge on any atom is 0.220 e. The third kappa shape index (κ3) is 3.43. The summed E-state index contributed by atoms with van der Waals surface area (Å²) in [6.07, 6.45) is 1.44. The van der Waals surface area contributed by atoms with E-state index >= 15 is 0 Å². The smallest absolute Gasteiger partial charge is 0.220 e. The van der Waals surface area contributed by atoms with Crippen molar-refractivity contribution in [1.29, 1.82) is 0 Å². The summed E-state index contributed by atoms with van der Waals surface area (Å²) in [5.41, 5.74) is 3.38. The van der Waals surface area contributed by atoms with Gasteiger partial charge in [-0.05, 0) is 47.5 Å². The standard InChI is InChI=1S/C18H14ClFN2/c19-15-4-1-3-13(11-15)12-22-16-8-6-14(7-9-16)17-5-2-10-21-18(17)20/h1-11,22H,12H2. The Labute approximate surface area is 133 Å². The number of aromatic nitrogens is 1. The van der Waals surface area contributed by atoms with Gasteiger partial charge < -0.3 is 5.32 Å². The maximum atomic E-state index is 13.6. The summed E-state index contributed by atoms with van der Waals surface area (Å²) in [6, 6.07) is 18.8. The van der Waals surface area contributed by atoms with E-state index in [0.29, 0.717) is 12.1 Å². The van der Waals surface area contributed by atoms with Crippen LogP contribution in [0.15, 0.2) is 66.9 Å². The zero-order valence-electron chi connectivity index (χ0n) is 11.8. The molecule has 0 fully saturated rings. The monoisotopic (exact) mass is 312 g/mol. The van der Waals surface area contributed by atoms with Gasteiger partial charge in [-0.25, -0.2) is 4.98 Å². The lowest BCUT2D eigenvalue weighted by molar-refractivity contribution is 0.587. The minimum absolute atomic E-state index is 0.456. The van der Waals surface area contributed by atoms with Gasteiger partial charge in [0.2, 0.25) is 5.95 Å². The molecule has 0 amide bonds. The Balaban J connectivity index is 1.71. The van der Waals surface area contributed by atoms with E-state index in [0.717, 1.165) is 21.8 Å². The van der Waals surface area contributed by atoms with E-state index in [1.807, 2.05) is 48.5 Å². The fourth-order valence-electron chi connectivity index (χ4n) is 2.22. The summed E-state index contributed by atoms with van der Waals surface area (Å²) >= 11 is 5.96. The van der Waals surface area contributed by atoms with Crippen LogP contribution in [-0.4, -0.2) is 4.98 Å². The van der Waals surface area contributed by atoms with Gasteiger partial charge in [-0.2, -0.15) is 4.39 Å². The van der Waals surface area contributed by atoms with Crippen LogP contribution in [0, 0.1) is 5.95 Å². The van der Waals surface area contributed by atoms with E-state index in [4.69, 9.17) is 11.6 Å². The van der Waals surface area contributed by atoms with Gasteiger partial charge in [-0.3, -0.25) is 0 Å². The number of pyridine rings is 1. The molecule has 2 aromatic carbocycles. The van der Waals surface area contributed by atoms with Crippen LogP contribution >= 0.6 is 11.6 Å². The molecule has 0 atom stereocenters. The van der Waals surface area contributed by atoms with Crippen LogP contribution in [0.1, 0.15) is 5.56 Å². The van der Waals surface area contributed by atoms with Crippen molar-refractivity contribution >= 4 is 17.3 Å². The average Bonchev–Trinajstić information content (AvgIpc) is 2.54. The van der Waals surface area contributed by atoms with E-state index in [9.17, 15) is 4.39 Å². The van der Waals surface area contributed by atoms with Gasteiger partial charge in [0.05, 0.1) is 0 Å². The van der Waals surface area contributed by atoms with Gasteiger partial charge in [0.15, 0.2) is 0 Å². The molecular formula is C18H14ClFN2. The second-order valence-electron chi connectivity index (χ2n) is 4.90. The van der Waals surface area contributed by atoms with Crippen LogP contribution in [0.4, 0.5) is 10.1 Å². The van der Waals surface area contributed by atoms with Crippen molar-refractivity contribution in [2.45, 2.75) is 6.54 Å². The summed E-state index contributed by atoms with van der Waals surface area (Å²) in [4.78, 5) is 3.67. The molecule has 4 heteroatoms. The Morgan fingerprint density at radius 1 is 1.00 bits per heavy atom. The second-order valence-corrected chi connectivity index (χ2v) is 5.34. The molecule has 0 aliphatic heterocycles. The molecule has 22 heavy (non-hydrogen) atoms. The SMILES string of the molecule is Fc1ncccc1-c1ccc(NCc2cccc(Cl)c2)cc1. The van der Waals surface area contributed by atoms with Gasteiger partial charge in [0.1, 0.15) is 0 Å². The predicted molar refractivity (Wildman–Crippen MR) is 88.4 cm³/mol. The van der Waals surface area contributed by atoms with E-state index in [1.165, 1.54) is 6.20 Å². The first-order valence-corrected chi connectivity index (χ1v) is 7.29. The Morgan fingerprint density at radius 3 is 2.55 bits per heavy atom. The minimum atomic E-state index is -0.456. The molecule has 2 nitrogen and oxygen atoms in total. The van der Waals surface area contributed by atoms with Crippen LogP contribution in [0.3, 0.4) is 0 Å². The summed E-state index contributed by atoms with van der Waals surface area (Å²) in [5, 5.41) is 4.04. The highest BCUT2D eigenvalue weighted by Crippen LogP contribution is 2.23. The summed E-state index contributed by atoms with van der Waals surface area (Å²) in [7, 11) is 0. The van der Waals surface area contributed by atoms with Crippen molar-refractivity contribution in [3.63, 3.8) is 0 Å². The Bertz CT molecular complexity index is 772. The Kier molecular flexibility index (Phi) is 4.35. The van der Waals surface area contributed by atoms with Crippen LogP contribution in [0.25, 0.3) is 11.1 Å². The second kappa shape index (κ2) is 6.58. The van der Waals surface area contributed by atoms with Crippen molar-refractivity contribution in [2.75, 3.05) is 5.32 Å². The minimum Gasteiger partial charge on any atom is -0.381 e. The van der Waals surface area contributed by atoms with Crippen molar-refractivity contribution in [2.24, 2.45) is 0 Å². The number of nitrogens with one attached hydrogen (secondary N) is 1. The van der Waals surface area contributed by atoms with Gasteiger partial charge in [-0.15, -0.1) is 0 Å².